The van der Waals surface area contributed by atoms with Crippen LogP contribution in [-0.2, 0) is 28.2 Å². The van der Waals surface area contributed by atoms with Crippen molar-refractivity contribution in [1.82, 2.24) is 0 Å². The van der Waals surface area contributed by atoms with Gasteiger partial charge in [-0.3, -0.25) is 9.32 Å². The van der Waals surface area contributed by atoms with E-state index in [4.69, 9.17) is 19.3 Å². The molecule has 0 radical (unpaired) electrons. The fourth-order valence-electron chi connectivity index (χ4n) is 5.69. The van der Waals surface area contributed by atoms with Gasteiger partial charge >= 0.3 is 19.8 Å². The Hall–Kier alpha value is -1.73. The third kappa shape index (κ3) is 39.1. The molecule has 0 spiro atoms. The van der Waals surface area contributed by atoms with E-state index in [-0.39, 0.29) is 13.0 Å². The van der Waals surface area contributed by atoms with Gasteiger partial charge in [-0.1, -0.05) is 173 Å². The zero-order valence-electron chi connectivity index (χ0n) is 32.0. The monoisotopic (exact) mass is 727 g/mol. The van der Waals surface area contributed by atoms with Crippen molar-refractivity contribution in [2.24, 2.45) is 0 Å². The first-order valence-corrected chi connectivity index (χ1v) is 21.9. The Bertz CT molecular complexity index is 910. The molecule has 0 fully saturated rings. The molecule has 0 bridgehead atoms. The number of rotatable bonds is 37. The lowest BCUT2D eigenvalue weighted by Crippen LogP contribution is -2.29. The Morgan fingerprint density at radius 1 is 0.560 bits per heavy atom. The van der Waals surface area contributed by atoms with E-state index in [1.54, 1.807) is 12.2 Å². The summed E-state index contributed by atoms with van der Waals surface area (Å²) in [5.41, 5.74) is 0. The highest BCUT2D eigenvalue weighted by atomic mass is 31.2. The number of unbranched alkanes of at least 4 members (excludes halogenated alkanes) is 24. The number of carbonyl (C=O) groups is 2. The van der Waals surface area contributed by atoms with Crippen molar-refractivity contribution < 1.29 is 37.9 Å². The van der Waals surface area contributed by atoms with E-state index in [9.17, 15) is 14.2 Å². The summed E-state index contributed by atoms with van der Waals surface area (Å²) in [6.07, 6.45) is 43.5. The standard InChI is InChI=1S/C41H75O8P/c1-3-5-7-9-11-13-15-17-19-20-22-23-25-27-29-31-33-35-40(42)47-37-39(38-48-50(44,45)46)49-41(43)36-34-32-30-28-26-24-21-18-16-14-12-10-8-6-4-2/h13,15,30,32,34,36,39H,3-12,14,16-29,31,33,35,37-38H2,1-2H3,(H2,44,45,46)/b15-13+,32-30+,36-34+/t39-/m1/s1. The van der Waals surface area contributed by atoms with Crippen molar-refractivity contribution in [2.45, 2.75) is 200 Å². The highest BCUT2D eigenvalue weighted by molar-refractivity contribution is 7.46. The molecule has 50 heavy (non-hydrogen) atoms. The molecule has 0 aliphatic rings. The Morgan fingerprint density at radius 2 is 0.980 bits per heavy atom. The molecule has 0 saturated heterocycles. The molecule has 0 saturated carbocycles. The van der Waals surface area contributed by atoms with Crippen LogP contribution in [0.2, 0.25) is 0 Å². The summed E-state index contributed by atoms with van der Waals surface area (Å²) >= 11 is 0. The van der Waals surface area contributed by atoms with E-state index in [1.165, 1.54) is 141 Å². The Morgan fingerprint density at radius 3 is 1.46 bits per heavy atom. The second-order valence-corrected chi connectivity index (χ2v) is 14.9. The molecule has 0 aromatic rings. The first kappa shape index (κ1) is 48.3. The topological polar surface area (TPSA) is 119 Å². The minimum Gasteiger partial charge on any atom is -0.462 e. The quantitative estimate of drug-likeness (QED) is 0.0162. The van der Waals surface area contributed by atoms with E-state index in [1.807, 2.05) is 6.08 Å². The molecule has 0 aliphatic heterocycles. The van der Waals surface area contributed by atoms with Crippen LogP contribution in [-0.4, -0.2) is 41.0 Å². The van der Waals surface area contributed by atoms with Crippen LogP contribution in [0.1, 0.15) is 194 Å². The fraction of sp³-hybridized carbons (Fsp3) is 0.805. The number of allylic oxidation sites excluding steroid dienone is 5. The van der Waals surface area contributed by atoms with Gasteiger partial charge in [0.25, 0.3) is 0 Å². The largest absolute Gasteiger partial charge is 0.469 e. The highest BCUT2D eigenvalue weighted by Gasteiger charge is 2.22. The van der Waals surface area contributed by atoms with Crippen LogP contribution in [0.4, 0.5) is 0 Å². The summed E-state index contributed by atoms with van der Waals surface area (Å²) in [6, 6.07) is 0. The van der Waals surface area contributed by atoms with Crippen molar-refractivity contribution in [3.8, 4) is 0 Å². The molecule has 0 aromatic carbocycles. The average molecular weight is 727 g/mol. The molecule has 2 N–H and O–H groups in total. The van der Waals surface area contributed by atoms with Crippen LogP contribution >= 0.6 is 7.82 Å². The maximum Gasteiger partial charge on any atom is 0.469 e. The van der Waals surface area contributed by atoms with E-state index in [0.717, 1.165) is 32.1 Å². The Labute approximate surface area is 306 Å². The second-order valence-electron chi connectivity index (χ2n) is 13.7. The molecule has 0 aromatic heterocycles. The van der Waals surface area contributed by atoms with Crippen LogP contribution in [0.5, 0.6) is 0 Å². The molecular weight excluding hydrogens is 651 g/mol. The summed E-state index contributed by atoms with van der Waals surface area (Å²) in [6.45, 7) is 3.58. The van der Waals surface area contributed by atoms with Crippen LogP contribution in [0.15, 0.2) is 36.5 Å². The molecule has 9 heteroatoms. The Kier molecular flexibility index (Phi) is 35.8. The van der Waals surface area contributed by atoms with E-state index >= 15 is 0 Å². The minimum absolute atomic E-state index is 0.246. The maximum atomic E-state index is 12.3. The smallest absolute Gasteiger partial charge is 0.462 e. The number of hydrogen-bond donors (Lipinski definition) is 2. The van der Waals surface area contributed by atoms with Crippen LogP contribution in [0.25, 0.3) is 0 Å². The summed E-state index contributed by atoms with van der Waals surface area (Å²) in [7, 11) is -4.78. The second kappa shape index (κ2) is 37.0. The Balaban J connectivity index is 4.01. The lowest BCUT2D eigenvalue weighted by molar-refractivity contribution is -0.157. The zero-order valence-corrected chi connectivity index (χ0v) is 32.9. The summed E-state index contributed by atoms with van der Waals surface area (Å²) in [5, 5.41) is 0. The van der Waals surface area contributed by atoms with Crippen molar-refractivity contribution in [2.75, 3.05) is 13.2 Å². The van der Waals surface area contributed by atoms with Gasteiger partial charge in [-0.15, -0.1) is 0 Å². The van der Waals surface area contributed by atoms with Gasteiger partial charge in [0.2, 0.25) is 0 Å². The van der Waals surface area contributed by atoms with E-state index in [2.05, 4.69) is 30.5 Å². The van der Waals surface area contributed by atoms with Gasteiger partial charge in [0.1, 0.15) is 6.61 Å². The molecule has 0 aliphatic carbocycles. The zero-order chi connectivity index (χ0) is 36.8. The predicted molar refractivity (Wildman–Crippen MR) is 207 cm³/mol. The number of esters is 2. The lowest BCUT2D eigenvalue weighted by atomic mass is 10.1. The number of carbonyl (C=O) groups excluding carboxylic acids is 2. The summed E-state index contributed by atoms with van der Waals surface area (Å²) < 4.78 is 26.2. The predicted octanol–water partition coefficient (Wildman–Crippen LogP) is 12.2. The molecule has 8 nitrogen and oxygen atoms in total. The normalized spacial score (nSPS) is 12.8. The van der Waals surface area contributed by atoms with Gasteiger partial charge in [-0.05, 0) is 44.9 Å². The van der Waals surface area contributed by atoms with E-state index in [0.29, 0.717) is 6.42 Å². The van der Waals surface area contributed by atoms with Gasteiger partial charge in [-0.2, -0.15) is 0 Å². The van der Waals surface area contributed by atoms with Gasteiger partial charge < -0.3 is 19.3 Å². The fourth-order valence-corrected chi connectivity index (χ4v) is 6.05. The molecule has 0 amide bonds. The van der Waals surface area contributed by atoms with Crippen molar-refractivity contribution in [3.05, 3.63) is 36.5 Å². The third-order valence-corrected chi connectivity index (χ3v) is 9.22. The van der Waals surface area contributed by atoms with Crippen LogP contribution in [0, 0.1) is 0 Å². The van der Waals surface area contributed by atoms with E-state index < -0.39 is 32.5 Å². The SMILES string of the molecule is CCCCCC/C=C/CCCCCCCCCCCC(=O)OC[C@H](COP(=O)(O)O)OC(=O)/C=C/C=C/CCCCCCCCCCCCC. The highest BCUT2D eigenvalue weighted by Crippen LogP contribution is 2.35. The van der Waals surface area contributed by atoms with Gasteiger partial charge in [0.15, 0.2) is 6.10 Å². The maximum absolute atomic E-state index is 12.3. The van der Waals surface area contributed by atoms with Crippen LogP contribution in [0.3, 0.4) is 0 Å². The first-order valence-electron chi connectivity index (χ1n) is 20.3. The van der Waals surface area contributed by atoms with Crippen molar-refractivity contribution in [3.63, 3.8) is 0 Å². The van der Waals surface area contributed by atoms with Crippen LogP contribution < -0.4 is 0 Å². The molecule has 0 heterocycles. The molecule has 0 rings (SSSR count). The molecular formula is C41H75O8P. The summed E-state index contributed by atoms with van der Waals surface area (Å²) in [4.78, 5) is 42.6. The van der Waals surface area contributed by atoms with Crippen molar-refractivity contribution in [1.29, 1.82) is 0 Å². The first-order chi connectivity index (χ1) is 24.3. The number of hydrogen-bond acceptors (Lipinski definition) is 6. The molecule has 0 unspecified atom stereocenters. The minimum atomic E-state index is -4.78. The average Bonchev–Trinajstić information content (AvgIpc) is 3.08. The van der Waals surface area contributed by atoms with Crippen molar-refractivity contribution >= 4 is 19.8 Å². The molecule has 292 valence electrons. The molecule has 1 atom stereocenters. The third-order valence-electron chi connectivity index (χ3n) is 8.74. The lowest BCUT2D eigenvalue weighted by Gasteiger charge is -2.17. The summed E-state index contributed by atoms with van der Waals surface area (Å²) in [5.74, 6) is -1.14. The number of phosphoric ester groups is 1. The number of ether oxygens (including phenoxy) is 2. The van der Waals surface area contributed by atoms with Gasteiger partial charge in [0, 0.05) is 12.5 Å². The van der Waals surface area contributed by atoms with Gasteiger partial charge in [0.05, 0.1) is 6.61 Å². The van der Waals surface area contributed by atoms with Gasteiger partial charge in [-0.25, -0.2) is 9.36 Å². The number of phosphoric acid groups is 1.